The Bertz CT molecular complexity index is 1280. The van der Waals surface area contributed by atoms with Crippen LogP contribution in [-0.2, 0) is 19.4 Å². The highest BCUT2D eigenvalue weighted by Crippen LogP contribution is 2.23. The van der Waals surface area contributed by atoms with Crippen molar-refractivity contribution in [2.75, 3.05) is 0 Å². The first-order chi connectivity index (χ1) is 15.4. The number of nitrogens with one attached hydrogen (secondary N) is 2. The van der Waals surface area contributed by atoms with Crippen molar-refractivity contribution in [2.24, 2.45) is 0 Å². The number of aromatic nitrogens is 4. The van der Waals surface area contributed by atoms with Gasteiger partial charge in [0.25, 0.3) is 0 Å². The summed E-state index contributed by atoms with van der Waals surface area (Å²) >= 11 is 0. The van der Waals surface area contributed by atoms with Crippen molar-refractivity contribution >= 4 is 12.6 Å². The van der Waals surface area contributed by atoms with E-state index < -0.39 is 0 Å². The molecule has 4 rings (SSSR count). The zero-order valence-electron chi connectivity index (χ0n) is 19.0. The fourth-order valence-electron chi connectivity index (χ4n) is 4.15. The SMILES string of the molecule is Cc1c(C=O)[nH]c(Cc2cc(Cc3[nH]c(C=O)c(C)c3C)n(Cc3ccccc3)n2)c1C. The maximum atomic E-state index is 11.4. The lowest BCUT2D eigenvalue weighted by Gasteiger charge is -2.08. The van der Waals surface area contributed by atoms with Crippen molar-refractivity contribution in [2.45, 2.75) is 47.1 Å². The van der Waals surface area contributed by atoms with Crippen molar-refractivity contribution in [3.8, 4) is 0 Å². The van der Waals surface area contributed by atoms with E-state index in [4.69, 9.17) is 5.10 Å². The van der Waals surface area contributed by atoms with Gasteiger partial charge in [0.1, 0.15) is 0 Å². The number of hydrogen-bond donors (Lipinski definition) is 2. The Labute approximate surface area is 187 Å². The summed E-state index contributed by atoms with van der Waals surface area (Å²) in [6.07, 6.45) is 3.02. The molecule has 3 heterocycles. The molecule has 0 fully saturated rings. The summed E-state index contributed by atoms with van der Waals surface area (Å²) in [6, 6.07) is 12.4. The van der Waals surface area contributed by atoms with Gasteiger partial charge < -0.3 is 9.97 Å². The van der Waals surface area contributed by atoms with Crippen LogP contribution in [-0.4, -0.2) is 32.3 Å². The summed E-state index contributed by atoms with van der Waals surface area (Å²) in [5.74, 6) is 0. The summed E-state index contributed by atoms with van der Waals surface area (Å²) in [4.78, 5) is 29.2. The zero-order valence-corrected chi connectivity index (χ0v) is 19.0. The molecule has 32 heavy (non-hydrogen) atoms. The van der Waals surface area contributed by atoms with E-state index in [0.29, 0.717) is 30.8 Å². The molecule has 6 heteroatoms. The number of carbonyl (C=O) groups excluding carboxylic acids is 2. The van der Waals surface area contributed by atoms with Crippen molar-refractivity contribution < 1.29 is 9.59 Å². The fourth-order valence-corrected chi connectivity index (χ4v) is 4.15. The van der Waals surface area contributed by atoms with Crippen LogP contribution in [0, 0.1) is 27.7 Å². The van der Waals surface area contributed by atoms with Gasteiger partial charge in [-0.25, -0.2) is 0 Å². The smallest absolute Gasteiger partial charge is 0.166 e. The molecule has 164 valence electrons. The lowest BCUT2D eigenvalue weighted by Crippen LogP contribution is -2.08. The van der Waals surface area contributed by atoms with Crippen LogP contribution in [0.5, 0.6) is 0 Å². The first kappa shape index (κ1) is 21.6. The average Bonchev–Trinajstić information content (AvgIpc) is 3.39. The van der Waals surface area contributed by atoms with Gasteiger partial charge in [0.15, 0.2) is 12.6 Å². The van der Waals surface area contributed by atoms with Gasteiger partial charge in [-0.15, -0.1) is 0 Å². The molecule has 0 spiro atoms. The maximum absolute atomic E-state index is 11.4. The Morgan fingerprint density at radius 3 is 1.91 bits per heavy atom. The highest BCUT2D eigenvalue weighted by molar-refractivity contribution is 5.76. The standard InChI is InChI=1S/C26H28N4O2/c1-16-18(3)25(14-31)27-23(16)11-21-10-22(12-24-17(2)19(4)26(15-32)28-24)30(29-21)13-20-8-6-5-7-9-20/h5-10,14-15,27-28H,11-13H2,1-4H3. The van der Waals surface area contributed by atoms with Gasteiger partial charge in [0, 0.05) is 29.9 Å². The molecule has 0 amide bonds. The van der Waals surface area contributed by atoms with E-state index in [-0.39, 0.29) is 0 Å². The Balaban J connectivity index is 1.70. The van der Waals surface area contributed by atoms with E-state index in [1.54, 1.807) is 0 Å². The van der Waals surface area contributed by atoms with E-state index in [1.165, 1.54) is 5.56 Å². The summed E-state index contributed by atoms with van der Waals surface area (Å²) in [5.41, 5.74) is 10.6. The van der Waals surface area contributed by atoms with E-state index in [2.05, 4.69) is 28.2 Å². The average molecular weight is 429 g/mol. The molecule has 0 saturated heterocycles. The molecule has 0 atom stereocenters. The molecule has 4 aromatic rings. The normalized spacial score (nSPS) is 11.1. The number of aldehydes is 2. The molecule has 2 N–H and O–H groups in total. The van der Waals surface area contributed by atoms with Crippen LogP contribution in [0.3, 0.4) is 0 Å². The Morgan fingerprint density at radius 1 is 0.812 bits per heavy atom. The van der Waals surface area contributed by atoms with Crippen LogP contribution in [0.1, 0.15) is 71.6 Å². The van der Waals surface area contributed by atoms with Gasteiger partial charge in [-0.3, -0.25) is 14.3 Å². The van der Waals surface area contributed by atoms with E-state index in [1.807, 2.05) is 50.6 Å². The fraction of sp³-hybridized carbons (Fsp3) is 0.269. The van der Waals surface area contributed by atoms with Crippen LogP contribution < -0.4 is 0 Å². The van der Waals surface area contributed by atoms with E-state index in [0.717, 1.165) is 57.6 Å². The lowest BCUT2D eigenvalue weighted by molar-refractivity contribution is 0.111. The molecule has 3 aromatic heterocycles. The molecule has 0 aliphatic carbocycles. The van der Waals surface area contributed by atoms with Crippen LogP contribution in [0.2, 0.25) is 0 Å². The molecule has 0 radical (unpaired) electrons. The van der Waals surface area contributed by atoms with E-state index in [9.17, 15) is 9.59 Å². The first-order valence-electron chi connectivity index (χ1n) is 10.8. The predicted octanol–water partition coefficient (Wildman–Crippen LogP) is 4.63. The molecule has 0 bridgehead atoms. The molecule has 0 aliphatic rings. The monoisotopic (exact) mass is 428 g/mol. The van der Waals surface area contributed by atoms with Gasteiger partial charge in [0.05, 0.1) is 23.6 Å². The molecule has 0 saturated carbocycles. The van der Waals surface area contributed by atoms with Crippen molar-refractivity contribution in [1.82, 2.24) is 19.7 Å². The second-order valence-corrected chi connectivity index (χ2v) is 8.39. The second kappa shape index (κ2) is 8.83. The summed E-state index contributed by atoms with van der Waals surface area (Å²) in [7, 11) is 0. The number of hydrogen-bond acceptors (Lipinski definition) is 3. The summed E-state index contributed by atoms with van der Waals surface area (Å²) < 4.78 is 2.03. The minimum Gasteiger partial charge on any atom is -0.355 e. The van der Waals surface area contributed by atoms with Gasteiger partial charge >= 0.3 is 0 Å². The number of carbonyl (C=O) groups is 2. The molecule has 1 aromatic carbocycles. The molecule has 0 unspecified atom stereocenters. The van der Waals surface area contributed by atoms with Crippen LogP contribution in [0.15, 0.2) is 36.4 Å². The van der Waals surface area contributed by atoms with Crippen molar-refractivity contribution in [1.29, 1.82) is 0 Å². The number of rotatable bonds is 8. The molecule has 6 nitrogen and oxygen atoms in total. The quantitative estimate of drug-likeness (QED) is 0.402. The zero-order chi connectivity index (χ0) is 22.8. The third-order valence-corrected chi connectivity index (χ3v) is 6.45. The lowest BCUT2D eigenvalue weighted by atomic mass is 10.1. The van der Waals surface area contributed by atoms with E-state index >= 15 is 0 Å². The van der Waals surface area contributed by atoms with Crippen LogP contribution >= 0.6 is 0 Å². The van der Waals surface area contributed by atoms with Crippen LogP contribution in [0.25, 0.3) is 0 Å². The maximum Gasteiger partial charge on any atom is 0.166 e. The van der Waals surface area contributed by atoms with Gasteiger partial charge in [-0.05, 0) is 61.6 Å². The highest BCUT2D eigenvalue weighted by atomic mass is 16.1. The third-order valence-electron chi connectivity index (χ3n) is 6.45. The largest absolute Gasteiger partial charge is 0.355 e. The number of H-pyrrole nitrogens is 2. The predicted molar refractivity (Wildman–Crippen MR) is 125 cm³/mol. The third kappa shape index (κ3) is 4.08. The molecular formula is C26H28N4O2. The number of benzene rings is 1. The summed E-state index contributed by atoms with van der Waals surface area (Å²) in [5, 5.41) is 4.91. The highest BCUT2D eigenvalue weighted by Gasteiger charge is 2.17. The van der Waals surface area contributed by atoms with Crippen molar-refractivity contribution in [3.63, 3.8) is 0 Å². The Hall–Kier alpha value is -3.67. The minimum absolute atomic E-state index is 0.623. The Morgan fingerprint density at radius 2 is 1.38 bits per heavy atom. The first-order valence-corrected chi connectivity index (χ1v) is 10.8. The van der Waals surface area contributed by atoms with Gasteiger partial charge in [-0.1, -0.05) is 30.3 Å². The minimum atomic E-state index is 0.623. The molecule has 0 aliphatic heterocycles. The number of nitrogens with zero attached hydrogens (tertiary/aromatic N) is 2. The second-order valence-electron chi connectivity index (χ2n) is 8.39. The van der Waals surface area contributed by atoms with Gasteiger partial charge in [-0.2, -0.15) is 5.10 Å². The Kier molecular flexibility index (Phi) is 5.95. The van der Waals surface area contributed by atoms with Gasteiger partial charge in [0.2, 0.25) is 0 Å². The molecular weight excluding hydrogens is 400 g/mol. The summed E-state index contributed by atoms with van der Waals surface area (Å²) in [6.45, 7) is 8.66. The van der Waals surface area contributed by atoms with Crippen LogP contribution in [0.4, 0.5) is 0 Å². The van der Waals surface area contributed by atoms with Crippen molar-refractivity contribution in [3.05, 3.63) is 98.4 Å². The topological polar surface area (TPSA) is 83.5 Å². The number of aromatic amines is 2.